The molecule has 1 aromatic rings. The Bertz CT molecular complexity index is 465. The van der Waals surface area contributed by atoms with Crippen molar-refractivity contribution >= 4 is 23.1 Å². The van der Waals surface area contributed by atoms with E-state index in [1.54, 1.807) is 25.1 Å². The molecule has 0 radical (unpaired) electrons. The number of para-hydroxylation sites is 2. The molecule has 1 rings (SSSR count). The van der Waals surface area contributed by atoms with E-state index < -0.39 is 0 Å². The molecular weight excluding hydrogens is 276 g/mol. The molecule has 0 saturated carbocycles. The van der Waals surface area contributed by atoms with Gasteiger partial charge in [-0.05, 0) is 12.1 Å². The van der Waals surface area contributed by atoms with Crippen LogP contribution in [0, 0.1) is 0 Å². The first kappa shape index (κ1) is 16.2. The van der Waals surface area contributed by atoms with Gasteiger partial charge in [0.25, 0.3) is 0 Å². The smallest absolute Gasteiger partial charge is 0.225 e. The van der Waals surface area contributed by atoms with Crippen molar-refractivity contribution in [3.05, 3.63) is 24.3 Å². The van der Waals surface area contributed by atoms with Crippen LogP contribution in [0.4, 0.5) is 0 Å². The minimum absolute atomic E-state index is 0.00357. The molecule has 0 fully saturated rings. The van der Waals surface area contributed by atoms with Gasteiger partial charge in [0.15, 0.2) is 11.5 Å². The molecule has 0 heterocycles. The van der Waals surface area contributed by atoms with Gasteiger partial charge in [-0.1, -0.05) is 24.4 Å². The van der Waals surface area contributed by atoms with Gasteiger partial charge in [-0.2, -0.15) is 0 Å². The second-order valence-corrected chi connectivity index (χ2v) is 4.81. The highest BCUT2D eigenvalue weighted by Crippen LogP contribution is 2.25. The zero-order valence-corrected chi connectivity index (χ0v) is 12.6. The number of nitrogens with two attached hydrogens (primary N) is 1. The van der Waals surface area contributed by atoms with Crippen LogP contribution in [-0.2, 0) is 4.79 Å². The summed E-state index contributed by atoms with van der Waals surface area (Å²) in [5, 5.41) is 0. The molecule has 2 N–H and O–H groups in total. The van der Waals surface area contributed by atoms with Crippen molar-refractivity contribution in [1.29, 1.82) is 0 Å². The summed E-state index contributed by atoms with van der Waals surface area (Å²) in [4.78, 5) is 13.8. The Labute approximate surface area is 124 Å². The van der Waals surface area contributed by atoms with Crippen molar-refractivity contribution in [3.63, 3.8) is 0 Å². The van der Waals surface area contributed by atoms with Crippen molar-refractivity contribution in [2.45, 2.75) is 12.8 Å². The maximum absolute atomic E-state index is 11.8. The maximum Gasteiger partial charge on any atom is 0.225 e. The van der Waals surface area contributed by atoms with Crippen LogP contribution in [0.15, 0.2) is 24.3 Å². The molecule has 20 heavy (non-hydrogen) atoms. The molecule has 0 aromatic heterocycles. The van der Waals surface area contributed by atoms with E-state index in [0.717, 1.165) is 0 Å². The second-order valence-electron chi connectivity index (χ2n) is 4.28. The number of thiocarbonyl (C=S) groups is 1. The number of carbonyl (C=O) groups is 1. The topological polar surface area (TPSA) is 64.8 Å². The van der Waals surface area contributed by atoms with Crippen molar-refractivity contribution in [1.82, 2.24) is 4.90 Å². The molecule has 1 aromatic carbocycles. The number of rotatable bonds is 8. The molecule has 0 aliphatic carbocycles. The van der Waals surface area contributed by atoms with Gasteiger partial charge in [0.1, 0.15) is 0 Å². The molecule has 0 aliphatic heterocycles. The van der Waals surface area contributed by atoms with Crippen LogP contribution >= 0.6 is 12.2 Å². The summed E-state index contributed by atoms with van der Waals surface area (Å²) in [6.45, 7) is 0.833. The minimum atomic E-state index is -0.00357. The first-order valence-electron chi connectivity index (χ1n) is 6.32. The Morgan fingerprint density at radius 3 is 2.55 bits per heavy atom. The average Bonchev–Trinajstić information content (AvgIpc) is 2.45. The van der Waals surface area contributed by atoms with E-state index in [2.05, 4.69) is 0 Å². The van der Waals surface area contributed by atoms with E-state index in [1.807, 2.05) is 18.2 Å². The molecular formula is C14H20N2O3S. The third kappa shape index (κ3) is 5.44. The van der Waals surface area contributed by atoms with Crippen LogP contribution in [0.1, 0.15) is 12.8 Å². The Morgan fingerprint density at radius 2 is 1.95 bits per heavy atom. The predicted molar refractivity (Wildman–Crippen MR) is 82.1 cm³/mol. The van der Waals surface area contributed by atoms with Crippen LogP contribution in [-0.4, -0.2) is 43.1 Å². The van der Waals surface area contributed by atoms with Gasteiger partial charge >= 0.3 is 0 Å². The van der Waals surface area contributed by atoms with Gasteiger partial charge in [0.2, 0.25) is 5.91 Å². The van der Waals surface area contributed by atoms with Crippen molar-refractivity contribution in [2.24, 2.45) is 5.73 Å². The number of ether oxygens (including phenoxy) is 2. The minimum Gasteiger partial charge on any atom is -0.493 e. The zero-order valence-electron chi connectivity index (χ0n) is 11.8. The molecule has 0 bridgehead atoms. The molecule has 6 heteroatoms. The highest BCUT2D eigenvalue weighted by atomic mass is 32.1. The standard InChI is InChI=1S/C14H20N2O3S/c1-16(9-7-13(15)20)14(17)8-10-19-12-6-4-3-5-11(12)18-2/h3-6H,7-10H2,1-2H3,(H2,15,20). The fourth-order valence-corrected chi connectivity index (χ4v) is 1.67. The molecule has 0 atom stereocenters. The fourth-order valence-electron chi connectivity index (χ4n) is 1.58. The average molecular weight is 296 g/mol. The number of amides is 1. The lowest BCUT2D eigenvalue weighted by Gasteiger charge is -2.17. The summed E-state index contributed by atoms with van der Waals surface area (Å²) in [6, 6.07) is 7.33. The summed E-state index contributed by atoms with van der Waals surface area (Å²) >= 11 is 4.78. The first-order chi connectivity index (χ1) is 9.54. The molecule has 0 spiro atoms. The quantitative estimate of drug-likeness (QED) is 0.738. The van der Waals surface area contributed by atoms with E-state index in [4.69, 9.17) is 27.4 Å². The summed E-state index contributed by atoms with van der Waals surface area (Å²) in [6.07, 6.45) is 0.830. The van der Waals surface area contributed by atoms with Crippen molar-refractivity contribution in [2.75, 3.05) is 27.3 Å². The lowest BCUT2D eigenvalue weighted by molar-refractivity contribution is -0.130. The van der Waals surface area contributed by atoms with Gasteiger partial charge < -0.3 is 20.1 Å². The van der Waals surface area contributed by atoms with Crippen LogP contribution in [0.5, 0.6) is 11.5 Å². The number of hydrogen-bond donors (Lipinski definition) is 1. The molecule has 0 saturated heterocycles. The van der Waals surface area contributed by atoms with Gasteiger partial charge in [-0.15, -0.1) is 0 Å². The Hall–Kier alpha value is -1.82. The zero-order chi connectivity index (χ0) is 15.0. The third-order valence-corrected chi connectivity index (χ3v) is 2.97. The Balaban J connectivity index is 2.36. The van der Waals surface area contributed by atoms with Gasteiger partial charge in [0.05, 0.1) is 25.1 Å². The second kappa shape index (κ2) is 8.37. The predicted octanol–water partition coefficient (Wildman–Crippen LogP) is 1.60. The van der Waals surface area contributed by atoms with Gasteiger partial charge in [0, 0.05) is 20.0 Å². The van der Waals surface area contributed by atoms with Crippen LogP contribution in [0.2, 0.25) is 0 Å². The number of methoxy groups -OCH3 is 1. The SMILES string of the molecule is COc1ccccc1OCCC(=O)N(C)CCC(N)=S. The highest BCUT2D eigenvalue weighted by molar-refractivity contribution is 7.80. The highest BCUT2D eigenvalue weighted by Gasteiger charge is 2.10. The first-order valence-corrected chi connectivity index (χ1v) is 6.73. The number of nitrogens with zero attached hydrogens (tertiary/aromatic N) is 1. The van der Waals surface area contributed by atoms with Crippen molar-refractivity contribution in [3.8, 4) is 11.5 Å². The van der Waals surface area contributed by atoms with Gasteiger partial charge in [-0.25, -0.2) is 0 Å². The van der Waals surface area contributed by atoms with Crippen LogP contribution in [0.3, 0.4) is 0 Å². The third-order valence-electron chi connectivity index (χ3n) is 2.76. The summed E-state index contributed by atoms with van der Waals surface area (Å²) < 4.78 is 10.7. The van der Waals surface area contributed by atoms with E-state index in [0.29, 0.717) is 42.5 Å². The monoisotopic (exact) mass is 296 g/mol. The maximum atomic E-state index is 11.8. The molecule has 110 valence electrons. The molecule has 0 unspecified atom stereocenters. The fraction of sp³-hybridized carbons (Fsp3) is 0.429. The largest absolute Gasteiger partial charge is 0.493 e. The number of carbonyl (C=O) groups excluding carboxylic acids is 1. The lowest BCUT2D eigenvalue weighted by atomic mass is 10.3. The lowest BCUT2D eigenvalue weighted by Crippen LogP contribution is -2.30. The van der Waals surface area contributed by atoms with Crippen LogP contribution in [0.25, 0.3) is 0 Å². The Morgan fingerprint density at radius 1 is 1.30 bits per heavy atom. The summed E-state index contributed by atoms with van der Waals surface area (Å²) in [7, 11) is 3.31. The van der Waals surface area contributed by atoms with E-state index in [1.165, 1.54) is 0 Å². The Kier molecular flexibility index (Phi) is 6.79. The van der Waals surface area contributed by atoms with E-state index >= 15 is 0 Å². The van der Waals surface area contributed by atoms with Crippen LogP contribution < -0.4 is 15.2 Å². The normalized spacial score (nSPS) is 9.90. The molecule has 1 amide bonds. The summed E-state index contributed by atoms with van der Waals surface area (Å²) in [5.74, 6) is 1.28. The van der Waals surface area contributed by atoms with Crippen molar-refractivity contribution < 1.29 is 14.3 Å². The van der Waals surface area contributed by atoms with Gasteiger partial charge in [-0.3, -0.25) is 4.79 Å². The molecule has 5 nitrogen and oxygen atoms in total. The number of benzene rings is 1. The van der Waals surface area contributed by atoms with E-state index in [9.17, 15) is 4.79 Å². The summed E-state index contributed by atoms with van der Waals surface area (Å²) in [5.41, 5.74) is 5.40. The number of hydrogen-bond acceptors (Lipinski definition) is 4. The van der Waals surface area contributed by atoms with E-state index in [-0.39, 0.29) is 5.91 Å². The molecule has 0 aliphatic rings.